The quantitative estimate of drug-likeness (QED) is 0.851. The molecular weight excluding hydrogens is 300 g/mol. The lowest BCUT2D eigenvalue weighted by atomic mass is 9.97. The fraction of sp³-hybridized carbons (Fsp3) is 0.474. The van der Waals surface area contributed by atoms with Crippen LogP contribution in [0.1, 0.15) is 30.7 Å². The van der Waals surface area contributed by atoms with E-state index >= 15 is 0 Å². The lowest BCUT2D eigenvalue weighted by molar-refractivity contribution is 0.366. The summed E-state index contributed by atoms with van der Waals surface area (Å²) in [5.41, 5.74) is 3.59. The van der Waals surface area contributed by atoms with E-state index in [-0.39, 0.29) is 0 Å². The van der Waals surface area contributed by atoms with Crippen molar-refractivity contribution in [1.29, 1.82) is 0 Å². The highest BCUT2D eigenvalue weighted by atomic mass is 16.5. The first-order valence-corrected chi connectivity index (χ1v) is 8.62. The van der Waals surface area contributed by atoms with Crippen molar-refractivity contribution < 1.29 is 4.74 Å². The fourth-order valence-corrected chi connectivity index (χ4v) is 2.95. The first kappa shape index (κ1) is 16.6. The van der Waals surface area contributed by atoms with Gasteiger partial charge in [-0.2, -0.15) is 5.10 Å². The summed E-state index contributed by atoms with van der Waals surface area (Å²) >= 11 is 0. The Balaban J connectivity index is 1.82. The molecule has 3 rings (SSSR count). The van der Waals surface area contributed by atoms with E-state index in [2.05, 4.69) is 47.5 Å². The maximum atomic E-state index is 6.08. The van der Waals surface area contributed by atoms with Crippen LogP contribution in [0.4, 0.5) is 0 Å². The van der Waals surface area contributed by atoms with Gasteiger partial charge in [0.1, 0.15) is 18.2 Å². The molecule has 5 nitrogen and oxygen atoms in total. The molecule has 1 aliphatic rings. The molecule has 2 heterocycles. The number of hydrogen-bond donors (Lipinski definition) is 1. The molecule has 0 atom stereocenters. The third-order valence-corrected chi connectivity index (χ3v) is 4.06. The number of nitrogens with one attached hydrogen (secondary N) is 1. The molecule has 0 bridgehead atoms. The first-order chi connectivity index (χ1) is 11.6. The summed E-state index contributed by atoms with van der Waals surface area (Å²) in [4.78, 5) is 4.40. The van der Waals surface area contributed by atoms with Crippen LogP contribution in [0, 0.1) is 12.8 Å². The van der Waals surface area contributed by atoms with Gasteiger partial charge in [0.2, 0.25) is 0 Å². The second-order valence-electron chi connectivity index (χ2n) is 6.69. The van der Waals surface area contributed by atoms with E-state index in [1.807, 2.05) is 23.9 Å². The molecule has 1 aliphatic heterocycles. The van der Waals surface area contributed by atoms with Crippen molar-refractivity contribution in [1.82, 2.24) is 15.1 Å². The lowest BCUT2D eigenvalue weighted by Crippen LogP contribution is -2.25. The van der Waals surface area contributed by atoms with E-state index in [0.717, 1.165) is 43.3 Å². The van der Waals surface area contributed by atoms with E-state index in [1.165, 1.54) is 11.1 Å². The Bertz CT molecular complexity index is 718. The topological polar surface area (TPSA) is 51.4 Å². The zero-order valence-electron chi connectivity index (χ0n) is 14.7. The summed E-state index contributed by atoms with van der Waals surface area (Å²) in [6.45, 7) is 9.52. The van der Waals surface area contributed by atoms with Crippen molar-refractivity contribution in [3.63, 3.8) is 0 Å². The molecule has 0 amide bonds. The van der Waals surface area contributed by atoms with Gasteiger partial charge in [0.05, 0.1) is 18.8 Å². The first-order valence-electron chi connectivity index (χ1n) is 8.62. The van der Waals surface area contributed by atoms with E-state index in [9.17, 15) is 0 Å². The van der Waals surface area contributed by atoms with Gasteiger partial charge in [0, 0.05) is 12.7 Å². The normalized spacial score (nSPS) is 13.9. The fourth-order valence-electron chi connectivity index (χ4n) is 2.95. The van der Waals surface area contributed by atoms with E-state index in [1.54, 1.807) is 0 Å². The standard InChI is InChI=1S/C19H26N4O/c1-14(2)11-17-16(12-23-10-7-15(3)22-23)5-4-6-18(17)24-13-19-20-8-9-21-19/h4-7,10,14H,8-9,11-13H2,1-3H3,(H,20,21). The van der Waals surface area contributed by atoms with Crippen LogP contribution in [0.5, 0.6) is 5.75 Å². The Labute approximate surface area is 143 Å². The second kappa shape index (κ2) is 7.51. The van der Waals surface area contributed by atoms with Gasteiger partial charge in [-0.1, -0.05) is 26.0 Å². The number of amidine groups is 1. The van der Waals surface area contributed by atoms with Crippen molar-refractivity contribution in [2.45, 2.75) is 33.7 Å². The molecule has 1 aromatic carbocycles. The second-order valence-corrected chi connectivity index (χ2v) is 6.69. The lowest BCUT2D eigenvalue weighted by Gasteiger charge is -2.17. The highest BCUT2D eigenvalue weighted by Gasteiger charge is 2.14. The molecule has 1 N–H and O–H groups in total. The zero-order valence-corrected chi connectivity index (χ0v) is 14.7. The summed E-state index contributed by atoms with van der Waals surface area (Å²) in [6.07, 6.45) is 3.02. The Morgan fingerprint density at radius 3 is 2.83 bits per heavy atom. The predicted octanol–water partition coefficient (Wildman–Crippen LogP) is 2.82. The van der Waals surface area contributed by atoms with Crippen molar-refractivity contribution >= 4 is 5.84 Å². The molecule has 0 aliphatic carbocycles. The number of nitrogens with zero attached hydrogens (tertiary/aromatic N) is 3. The molecule has 5 heteroatoms. The monoisotopic (exact) mass is 326 g/mol. The minimum Gasteiger partial charge on any atom is -0.485 e. The van der Waals surface area contributed by atoms with Crippen LogP contribution in [0.25, 0.3) is 0 Å². The van der Waals surface area contributed by atoms with Crippen molar-refractivity contribution in [3.8, 4) is 5.75 Å². The maximum Gasteiger partial charge on any atom is 0.145 e. The van der Waals surface area contributed by atoms with Crippen LogP contribution in [0.3, 0.4) is 0 Å². The van der Waals surface area contributed by atoms with Gasteiger partial charge < -0.3 is 10.1 Å². The number of aromatic nitrogens is 2. The summed E-state index contributed by atoms with van der Waals surface area (Å²) in [5.74, 6) is 2.47. The zero-order chi connectivity index (χ0) is 16.9. The summed E-state index contributed by atoms with van der Waals surface area (Å²) in [6, 6.07) is 8.33. The molecule has 0 saturated carbocycles. The Hall–Kier alpha value is -2.30. The maximum absolute atomic E-state index is 6.08. The average molecular weight is 326 g/mol. The summed E-state index contributed by atoms with van der Waals surface area (Å²) in [5, 5.41) is 7.77. The largest absolute Gasteiger partial charge is 0.485 e. The molecular formula is C19H26N4O. The van der Waals surface area contributed by atoms with Gasteiger partial charge in [-0.05, 0) is 42.5 Å². The van der Waals surface area contributed by atoms with Crippen molar-refractivity contribution in [2.24, 2.45) is 10.9 Å². The predicted molar refractivity (Wildman–Crippen MR) is 96.8 cm³/mol. The minimum absolute atomic E-state index is 0.509. The van der Waals surface area contributed by atoms with Gasteiger partial charge in [-0.3, -0.25) is 9.67 Å². The molecule has 0 radical (unpaired) electrons. The Morgan fingerprint density at radius 1 is 1.29 bits per heavy atom. The number of hydrogen-bond acceptors (Lipinski definition) is 4. The third-order valence-electron chi connectivity index (χ3n) is 4.06. The Morgan fingerprint density at radius 2 is 2.17 bits per heavy atom. The molecule has 24 heavy (non-hydrogen) atoms. The molecule has 0 spiro atoms. The van der Waals surface area contributed by atoms with Crippen LogP contribution in [0.15, 0.2) is 35.5 Å². The van der Waals surface area contributed by atoms with E-state index in [0.29, 0.717) is 12.5 Å². The molecule has 2 aromatic rings. The van der Waals surface area contributed by atoms with Crippen LogP contribution in [0.2, 0.25) is 0 Å². The van der Waals surface area contributed by atoms with Gasteiger partial charge in [-0.15, -0.1) is 0 Å². The smallest absolute Gasteiger partial charge is 0.145 e. The van der Waals surface area contributed by atoms with Crippen LogP contribution < -0.4 is 10.1 Å². The van der Waals surface area contributed by atoms with Crippen LogP contribution >= 0.6 is 0 Å². The number of aliphatic imine (C=N–C) groups is 1. The molecule has 0 saturated heterocycles. The van der Waals surface area contributed by atoms with Crippen LogP contribution in [-0.2, 0) is 13.0 Å². The van der Waals surface area contributed by atoms with Crippen molar-refractivity contribution in [3.05, 3.63) is 47.3 Å². The van der Waals surface area contributed by atoms with E-state index < -0.39 is 0 Å². The van der Waals surface area contributed by atoms with Gasteiger partial charge in [0.15, 0.2) is 0 Å². The number of aryl methyl sites for hydroxylation is 1. The van der Waals surface area contributed by atoms with Gasteiger partial charge >= 0.3 is 0 Å². The van der Waals surface area contributed by atoms with Crippen LogP contribution in [-0.4, -0.2) is 35.3 Å². The molecule has 0 fully saturated rings. The number of rotatable bonds is 7. The van der Waals surface area contributed by atoms with Crippen molar-refractivity contribution in [2.75, 3.05) is 19.7 Å². The van der Waals surface area contributed by atoms with E-state index in [4.69, 9.17) is 4.74 Å². The van der Waals surface area contributed by atoms with Gasteiger partial charge in [0.25, 0.3) is 0 Å². The number of ether oxygens (including phenoxy) is 1. The molecule has 128 valence electrons. The average Bonchev–Trinajstić information content (AvgIpc) is 3.19. The summed E-state index contributed by atoms with van der Waals surface area (Å²) < 4.78 is 8.07. The molecule has 1 aromatic heterocycles. The Kier molecular flexibility index (Phi) is 5.18. The number of benzene rings is 1. The highest BCUT2D eigenvalue weighted by Crippen LogP contribution is 2.26. The summed E-state index contributed by atoms with van der Waals surface area (Å²) in [7, 11) is 0. The minimum atomic E-state index is 0.509. The highest BCUT2D eigenvalue weighted by molar-refractivity contribution is 5.85. The van der Waals surface area contributed by atoms with Gasteiger partial charge in [-0.25, -0.2) is 0 Å². The third kappa shape index (κ3) is 4.16. The molecule has 0 unspecified atom stereocenters. The SMILES string of the molecule is Cc1ccn(Cc2cccc(OCC3=NCCN3)c2CC(C)C)n1.